The van der Waals surface area contributed by atoms with Gasteiger partial charge in [-0.3, -0.25) is 0 Å². The summed E-state index contributed by atoms with van der Waals surface area (Å²) >= 11 is 0. The molecule has 3 aromatic rings. The van der Waals surface area contributed by atoms with Crippen LogP contribution in [0, 0.1) is 0 Å². The van der Waals surface area contributed by atoms with Crippen molar-refractivity contribution in [2.24, 2.45) is 0 Å². The van der Waals surface area contributed by atoms with Gasteiger partial charge in [-0.25, -0.2) is 0 Å². The van der Waals surface area contributed by atoms with E-state index in [0.717, 1.165) is 91.6 Å². The number of fused-ring (bicyclic) bond motifs is 2. The first-order valence-corrected chi connectivity index (χ1v) is 13.2. The minimum absolute atomic E-state index is 0.496. The van der Waals surface area contributed by atoms with E-state index < -0.39 is 0 Å². The number of rotatable bonds is 19. The van der Waals surface area contributed by atoms with E-state index in [9.17, 15) is 0 Å². The first-order chi connectivity index (χ1) is 17.8. The van der Waals surface area contributed by atoms with Crippen LogP contribution in [0.5, 0.6) is 11.5 Å². The summed E-state index contributed by atoms with van der Waals surface area (Å²) in [6.45, 7) is 7.24. The zero-order chi connectivity index (χ0) is 25.4. The van der Waals surface area contributed by atoms with Crippen LogP contribution in [0.1, 0.15) is 38.2 Å². The predicted octanol–water partition coefficient (Wildman–Crippen LogP) is 6.20. The van der Waals surface area contributed by atoms with Crippen molar-refractivity contribution in [2.45, 2.75) is 39.0 Å². The Morgan fingerprint density at radius 1 is 0.528 bits per heavy atom. The SMILES string of the molecule is CCc1ccc2c(OCCOCCCCOC)c3ccccc3c(OCCOCCCCOC)c2c1. The number of hydrogen-bond acceptors (Lipinski definition) is 6. The van der Waals surface area contributed by atoms with Gasteiger partial charge in [-0.2, -0.15) is 0 Å². The van der Waals surface area contributed by atoms with Crippen LogP contribution in [0.15, 0.2) is 42.5 Å². The van der Waals surface area contributed by atoms with Gasteiger partial charge in [0.25, 0.3) is 0 Å². The molecule has 0 bridgehead atoms. The fourth-order valence-electron chi connectivity index (χ4n) is 4.19. The molecule has 0 aliphatic rings. The molecule has 0 spiro atoms. The van der Waals surface area contributed by atoms with E-state index >= 15 is 0 Å². The van der Waals surface area contributed by atoms with Crippen LogP contribution in [0.2, 0.25) is 0 Å². The lowest BCUT2D eigenvalue weighted by Gasteiger charge is -2.18. The summed E-state index contributed by atoms with van der Waals surface area (Å²) in [6, 6.07) is 14.8. The van der Waals surface area contributed by atoms with E-state index in [1.165, 1.54) is 5.56 Å². The Morgan fingerprint density at radius 2 is 1.03 bits per heavy atom. The van der Waals surface area contributed by atoms with Crippen LogP contribution in [0.4, 0.5) is 0 Å². The van der Waals surface area contributed by atoms with Crippen LogP contribution in [-0.2, 0) is 25.4 Å². The van der Waals surface area contributed by atoms with Crippen LogP contribution in [0.3, 0.4) is 0 Å². The molecule has 0 radical (unpaired) electrons. The van der Waals surface area contributed by atoms with Crippen molar-refractivity contribution in [3.05, 3.63) is 48.0 Å². The largest absolute Gasteiger partial charge is 0.490 e. The third-order valence-electron chi connectivity index (χ3n) is 6.12. The highest BCUT2D eigenvalue weighted by molar-refractivity contribution is 6.11. The van der Waals surface area contributed by atoms with Gasteiger partial charge in [-0.1, -0.05) is 43.3 Å². The number of benzene rings is 3. The van der Waals surface area contributed by atoms with Gasteiger partial charge in [0.1, 0.15) is 24.7 Å². The molecule has 198 valence electrons. The summed E-state index contributed by atoms with van der Waals surface area (Å²) in [5.74, 6) is 1.77. The lowest BCUT2D eigenvalue weighted by Crippen LogP contribution is -2.10. The van der Waals surface area contributed by atoms with Crippen LogP contribution >= 0.6 is 0 Å². The minimum atomic E-state index is 0.496. The third kappa shape index (κ3) is 8.34. The molecule has 0 saturated heterocycles. The first kappa shape index (κ1) is 28.2. The van der Waals surface area contributed by atoms with Crippen molar-refractivity contribution in [1.29, 1.82) is 0 Å². The molecule has 36 heavy (non-hydrogen) atoms. The average molecular weight is 499 g/mol. The van der Waals surface area contributed by atoms with Gasteiger partial charge in [0.2, 0.25) is 0 Å². The molecule has 0 amide bonds. The molecule has 6 nitrogen and oxygen atoms in total. The second-order valence-corrected chi connectivity index (χ2v) is 8.76. The van der Waals surface area contributed by atoms with Crippen molar-refractivity contribution < 1.29 is 28.4 Å². The number of aryl methyl sites for hydroxylation is 1. The van der Waals surface area contributed by atoms with E-state index in [0.29, 0.717) is 26.4 Å². The maximum atomic E-state index is 6.36. The Hall–Kier alpha value is -2.38. The summed E-state index contributed by atoms with van der Waals surface area (Å²) in [7, 11) is 3.45. The van der Waals surface area contributed by atoms with Gasteiger partial charge in [-0.15, -0.1) is 0 Å². The second kappa shape index (κ2) is 16.4. The van der Waals surface area contributed by atoms with Crippen molar-refractivity contribution >= 4 is 21.5 Å². The summed E-state index contributed by atoms with van der Waals surface area (Å²) < 4.78 is 34.4. The monoisotopic (exact) mass is 498 g/mol. The normalized spacial score (nSPS) is 11.4. The smallest absolute Gasteiger partial charge is 0.135 e. The van der Waals surface area contributed by atoms with Crippen molar-refractivity contribution in [3.63, 3.8) is 0 Å². The second-order valence-electron chi connectivity index (χ2n) is 8.76. The summed E-state index contributed by atoms with van der Waals surface area (Å²) in [5.41, 5.74) is 1.27. The Bertz CT molecular complexity index is 1030. The molecule has 0 aliphatic carbocycles. The number of unbranched alkanes of at least 4 members (excludes halogenated alkanes) is 2. The summed E-state index contributed by atoms with van der Waals surface area (Å²) in [5, 5.41) is 4.23. The number of hydrogen-bond donors (Lipinski definition) is 0. The van der Waals surface area contributed by atoms with Gasteiger partial charge < -0.3 is 28.4 Å². The molecular formula is C30H42O6. The highest BCUT2D eigenvalue weighted by Gasteiger charge is 2.16. The van der Waals surface area contributed by atoms with Gasteiger partial charge >= 0.3 is 0 Å². The van der Waals surface area contributed by atoms with Crippen LogP contribution < -0.4 is 9.47 Å². The molecular weight excluding hydrogens is 456 g/mol. The fourth-order valence-corrected chi connectivity index (χ4v) is 4.19. The van der Waals surface area contributed by atoms with E-state index in [1.807, 2.05) is 12.1 Å². The molecule has 0 atom stereocenters. The molecule has 0 aromatic heterocycles. The van der Waals surface area contributed by atoms with Crippen molar-refractivity contribution in [1.82, 2.24) is 0 Å². The van der Waals surface area contributed by atoms with Crippen LogP contribution in [-0.4, -0.2) is 67.1 Å². The first-order valence-electron chi connectivity index (χ1n) is 13.2. The molecule has 3 rings (SSSR count). The van der Waals surface area contributed by atoms with Crippen LogP contribution in [0.25, 0.3) is 21.5 Å². The van der Waals surface area contributed by atoms with E-state index in [-0.39, 0.29) is 0 Å². The molecule has 0 fully saturated rings. The Kier molecular flexibility index (Phi) is 12.8. The standard InChI is InChI=1S/C30H42O6/c1-4-24-13-14-27-28(23-24)30(36-22-20-34-18-10-8-16-32-3)26-12-6-5-11-25(26)29(27)35-21-19-33-17-9-7-15-31-2/h5-6,11-14,23H,4,7-10,15-22H2,1-3H3. The predicted molar refractivity (Wildman–Crippen MR) is 146 cm³/mol. The Balaban J connectivity index is 1.73. The summed E-state index contributed by atoms with van der Waals surface area (Å²) in [4.78, 5) is 0. The topological polar surface area (TPSA) is 55.4 Å². The zero-order valence-electron chi connectivity index (χ0n) is 22.2. The molecule has 3 aromatic carbocycles. The average Bonchev–Trinajstić information content (AvgIpc) is 2.91. The van der Waals surface area contributed by atoms with Crippen molar-refractivity contribution in [2.75, 3.05) is 67.1 Å². The van der Waals surface area contributed by atoms with Gasteiger partial charge in [0.05, 0.1) is 13.2 Å². The van der Waals surface area contributed by atoms with Gasteiger partial charge in [0.15, 0.2) is 0 Å². The van der Waals surface area contributed by atoms with Gasteiger partial charge in [-0.05, 0) is 43.7 Å². The third-order valence-corrected chi connectivity index (χ3v) is 6.12. The van der Waals surface area contributed by atoms with Gasteiger partial charge in [0, 0.05) is 62.2 Å². The molecule has 0 N–H and O–H groups in total. The lowest BCUT2D eigenvalue weighted by molar-refractivity contribution is 0.0918. The molecule has 0 aliphatic heterocycles. The minimum Gasteiger partial charge on any atom is -0.490 e. The number of methoxy groups -OCH3 is 2. The highest BCUT2D eigenvalue weighted by Crippen LogP contribution is 2.43. The number of ether oxygens (including phenoxy) is 6. The van der Waals surface area contributed by atoms with E-state index in [2.05, 4.69) is 37.3 Å². The molecule has 6 heteroatoms. The maximum absolute atomic E-state index is 6.36. The molecule has 0 saturated carbocycles. The van der Waals surface area contributed by atoms with Crippen molar-refractivity contribution in [3.8, 4) is 11.5 Å². The zero-order valence-corrected chi connectivity index (χ0v) is 22.2. The summed E-state index contributed by atoms with van der Waals surface area (Å²) in [6.07, 6.45) is 4.95. The Labute approximate surface area is 215 Å². The molecule has 0 unspecified atom stereocenters. The molecule has 0 heterocycles. The maximum Gasteiger partial charge on any atom is 0.135 e. The Morgan fingerprint density at radius 3 is 1.56 bits per heavy atom. The van der Waals surface area contributed by atoms with E-state index in [4.69, 9.17) is 28.4 Å². The van der Waals surface area contributed by atoms with E-state index in [1.54, 1.807) is 14.2 Å². The quantitative estimate of drug-likeness (QED) is 0.145. The highest BCUT2D eigenvalue weighted by atomic mass is 16.5. The lowest BCUT2D eigenvalue weighted by atomic mass is 9.98. The fraction of sp³-hybridized carbons (Fsp3) is 0.533.